The van der Waals surface area contributed by atoms with Gasteiger partial charge >= 0.3 is 0 Å². The Morgan fingerprint density at radius 1 is 1.20 bits per heavy atom. The van der Waals surface area contributed by atoms with Crippen LogP contribution in [0.3, 0.4) is 0 Å². The number of benzene rings is 1. The van der Waals surface area contributed by atoms with Gasteiger partial charge in [-0.25, -0.2) is 0 Å². The van der Waals surface area contributed by atoms with Gasteiger partial charge in [0.2, 0.25) is 0 Å². The summed E-state index contributed by atoms with van der Waals surface area (Å²) in [5.41, 5.74) is 1.21. The number of hydrogen-bond donors (Lipinski definition) is 0. The zero-order valence-electron chi connectivity index (χ0n) is 11.4. The maximum Gasteiger partial charge on any atom is 0.251 e. The number of para-hydroxylation sites is 1. The van der Waals surface area contributed by atoms with Crippen LogP contribution in [0.1, 0.15) is 12.8 Å². The van der Waals surface area contributed by atoms with Crippen LogP contribution in [0.5, 0.6) is 0 Å². The lowest BCUT2D eigenvalue weighted by Crippen LogP contribution is -2.51. The Morgan fingerprint density at radius 2 is 1.95 bits per heavy atom. The van der Waals surface area contributed by atoms with E-state index in [0.717, 1.165) is 50.1 Å². The molecule has 2 aliphatic heterocycles. The number of ether oxygens (including phenoxy) is 1. The van der Waals surface area contributed by atoms with Crippen LogP contribution < -0.4 is 4.90 Å². The molecule has 2 saturated heterocycles. The monoisotopic (exact) mass is 338 g/mol. The minimum absolute atomic E-state index is 0.175. The highest BCUT2D eigenvalue weighted by Gasteiger charge is 2.30. The van der Waals surface area contributed by atoms with Gasteiger partial charge in [-0.05, 0) is 40.9 Å². The first-order valence-corrected chi connectivity index (χ1v) is 7.95. The van der Waals surface area contributed by atoms with Crippen molar-refractivity contribution in [1.82, 2.24) is 4.90 Å². The molecule has 0 radical (unpaired) electrons. The van der Waals surface area contributed by atoms with E-state index in [1.54, 1.807) is 0 Å². The molecule has 0 aliphatic carbocycles. The second kappa shape index (κ2) is 6.14. The quantitative estimate of drug-likeness (QED) is 0.829. The Balaban J connectivity index is 1.59. The van der Waals surface area contributed by atoms with Gasteiger partial charge in [0.05, 0.1) is 5.69 Å². The average molecular weight is 339 g/mol. The molecule has 2 aliphatic rings. The van der Waals surface area contributed by atoms with Crippen molar-refractivity contribution in [3.05, 3.63) is 28.7 Å². The number of hydrogen-bond acceptors (Lipinski definition) is 3. The minimum Gasteiger partial charge on any atom is -0.368 e. The molecule has 1 aromatic carbocycles. The van der Waals surface area contributed by atoms with Gasteiger partial charge in [0.25, 0.3) is 5.91 Å². The van der Waals surface area contributed by atoms with Crippen molar-refractivity contribution in [2.45, 2.75) is 18.9 Å². The standard InChI is InChI=1S/C15H19BrN2O2/c16-12-4-1-2-5-13(12)17-7-9-18(10-8-17)15(19)14-6-3-11-20-14/h1-2,4-5,14H,3,6-11H2. The highest BCUT2D eigenvalue weighted by molar-refractivity contribution is 9.10. The van der Waals surface area contributed by atoms with Crippen molar-refractivity contribution in [3.63, 3.8) is 0 Å². The van der Waals surface area contributed by atoms with Crippen LogP contribution in [-0.4, -0.2) is 49.7 Å². The summed E-state index contributed by atoms with van der Waals surface area (Å²) in [6.45, 7) is 4.04. The average Bonchev–Trinajstić information content (AvgIpc) is 3.01. The third kappa shape index (κ3) is 2.83. The summed E-state index contributed by atoms with van der Waals surface area (Å²) >= 11 is 3.59. The van der Waals surface area contributed by atoms with Crippen LogP contribution in [0.4, 0.5) is 5.69 Å². The lowest BCUT2D eigenvalue weighted by Gasteiger charge is -2.37. The summed E-state index contributed by atoms with van der Waals surface area (Å²) in [5, 5.41) is 0. The van der Waals surface area contributed by atoms with E-state index >= 15 is 0 Å². The van der Waals surface area contributed by atoms with E-state index in [2.05, 4.69) is 33.0 Å². The van der Waals surface area contributed by atoms with E-state index in [0.29, 0.717) is 0 Å². The van der Waals surface area contributed by atoms with E-state index in [1.165, 1.54) is 5.69 Å². The van der Waals surface area contributed by atoms with E-state index in [4.69, 9.17) is 4.74 Å². The number of rotatable bonds is 2. The second-order valence-electron chi connectivity index (χ2n) is 5.27. The molecule has 1 amide bonds. The zero-order chi connectivity index (χ0) is 13.9. The van der Waals surface area contributed by atoms with Crippen LogP contribution in [0.15, 0.2) is 28.7 Å². The van der Waals surface area contributed by atoms with E-state index in [1.807, 2.05) is 17.0 Å². The van der Waals surface area contributed by atoms with E-state index < -0.39 is 0 Å². The fraction of sp³-hybridized carbons (Fsp3) is 0.533. The van der Waals surface area contributed by atoms with E-state index in [9.17, 15) is 4.79 Å². The van der Waals surface area contributed by atoms with Crippen molar-refractivity contribution in [2.24, 2.45) is 0 Å². The van der Waals surface area contributed by atoms with E-state index in [-0.39, 0.29) is 12.0 Å². The first-order valence-electron chi connectivity index (χ1n) is 7.15. The summed E-state index contributed by atoms with van der Waals surface area (Å²) in [6.07, 6.45) is 1.70. The molecule has 0 bridgehead atoms. The zero-order valence-corrected chi connectivity index (χ0v) is 13.0. The lowest BCUT2D eigenvalue weighted by atomic mass is 10.2. The third-order valence-electron chi connectivity index (χ3n) is 3.99. The van der Waals surface area contributed by atoms with Gasteiger partial charge in [-0.1, -0.05) is 12.1 Å². The highest BCUT2D eigenvalue weighted by atomic mass is 79.9. The molecule has 20 heavy (non-hydrogen) atoms. The van der Waals surface area contributed by atoms with Gasteiger partial charge in [0.1, 0.15) is 6.10 Å². The molecule has 5 heteroatoms. The SMILES string of the molecule is O=C(C1CCCO1)N1CCN(c2ccccc2Br)CC1. The van der Waals surface area contributed by atoms with Crippen molar-refractivity contribution in [3.8, 4) is 0 Å². The summed E-state index contributed by atoms with van der Waals surface area (Å²) in [7, 11) is 0. The summed E-state index contributed by atoms with van der Waals surface area (Å²) in [6, 6.07) is 8.23. The molecule has 4 nitrogen and oxygen atoms in total. The number of halogens is 1. The van der Waals surface area contributed by atoms with Gasteiger partial charge in [-0.2, -0.15) is 0 Å². The Kier molecular flexibility index (Phi) is 4.27. The van der Waals surface area contributed by atoms with Gasteiger partial charge in [-0.15, -0.1) is 0 Å². The maximum atomic E-state index is 12.3. The number of anilines is 1. The molecule has 0 aromatic heterocycles. The highest BCUT2D eigenvalue weighted by Crippen LogP contribution is 2.27. The molecule has 1 atom stereocenters. The molecule has 0 spiro atoms. The molecule has 2 fully saturated rings. The molecule has 3 rings (SSSR count). The number of amides is 1. The minimum atomic E-state index is -0.190. The molecule has 1 aromatic rings. The van der Waals surface area contributed by atoms with Crippen molar-refractivity contribution >= 4 is 27.5 Å². The maximum absolute atomic E-state index is 12.3. The summed E-state index contributed by atoms with van der Waals surface area (Å²) in [4.78, 5) is 16.6. The molecule has 2 heterocycles. The molecule has 0 N–H and O–H groups in total. The molecule has 108 valence electrons. The van der Waals surface area contributed by atoms with Gasteiger partial charge in [-0.3, -0.25) is 4.79 Å². The Bertz CT molecular complexity index is 481. The predicted molar refractivity (Wildman–Crippen MR) is 81.9 cm³/mol. The molecular formula is C15H19BrN2O2. The topological polar surface area (TPSA) is 32.8 Å². The number of piperazine rings is 1. The number of carbonyl (C=O) groups is 1. The largest absolute Gasteiger partial charge is 0.368 e. The Labute approximate surface area is 127 Å². The first-order chi connectivity index (χ1) is 9.75. The summed E-state index contributed by atoms with van der Waals surface area (Å²) < 4.78 is 6.60. The normalized spacial score (nSPS) is 23.1. The van der Waals surface area contributed by atoms with Gasteiger partial charge in [0.15, 0.2) is 0 Å². The smallest absolute Gasteiger partial charge is 0.251 e. The van der Waals surface area contributed by atoms with Crippen LogP contribution in [0, 0.1) is 0 Å². The number of carbonyl (C=O) groups excluding carboxylic acids is 1. The van der Waals surface area contributed by atoms with Crippen LogP contribution in [0.2, 0.25) is 0 Å². The molecule has 1 unspecified atom stereocenters. The van der Waals surface area contributed by atoms with Gasteiger partial charge < -0.3 is 14.5 Å². The van der Waals surface area contributed by atoms with Crippen molar-refractivity contribution < 1.29 is 9.53 Å². The van der Waals surface area contributed by atoms with Crippen molar-refractivity contribution in [1.29, 1.82) is 0 Å². The van der Waals surface area contributed by atoms with Gasteiger partial charge in [0, 0.05) is 37.3 Å². The van der Waals surface area contributed by atoms with Crippen LogP contribution in [-0.2, 0) is 9.53 Å². The first kappa shape index (κ1) is 13.9. The van der Waals surface area contributed by atoms with Crippen LogP contribution in [0.25, 0.3) is 0 Å². The Morgan fingerprint density at radius 3 is 2.60 bits per heavy atom. The fourth-order valence-corrected chi connectivity index (χ4v) is 3.39. The Hall–Kier alpha value is -1.07. The second-order valence-corrected chi connectivity index (χ2v) is 6.12. The predicted octanol–water partition coefficient (Wildman–Crippen LogP) is 2.28. The molecular weight excluding hydrogens is 320 g/mol. The lowest BCUT2D eigenvalue weighted by molar-refractivity contribution is -0.141. The third-order valence-corrected chi connectivity index (χ3v) is 4.66. The van der Waals surface area contributed by atoms with Crippen molar-refractivity contribution in [2.75, 3.05) is 37.7 Å². The van der Waals surface area contributed by atoms with Crippen LogP contribution >= 0.6 is 15.9 Å². The summed E-state index contributed by atoms with van der Waals surface area (Å²) in [5.74, 6) is 0.175. The number of nitrogens with zero attached hydrogens (tertiary/aromatic N) is 2. The molecule has 0 saturated carbocycles. The fourth-order valence-electron chi connectivity index (χ4n) is 2.85.